The molecule has 3 aromatic carbocycles. The Balaban J connectivity index is 1.52. The first-order valence-electron chi connectivity index (χ1n) is 10.3. The van der Waals surface area contributed by atoms with Crippen molar-refractivity contribution < 1.29 is 19.1 Å². The first-order valence-corrected chi connectivity index (χ1v) is 10.3. The van der Waals surface area contributed by atoms with Crippen molar-refractivity contribution in [3.63, 3.8) is 0 Å². The molecule has 0 aliphatic rings. The van der Waals surface area contributed by atoms with Crippen LogP contribution in [0.25, 0.3) is 0 Å². The van der Waals surface area contributed by atoms with E-state index in [4.69, 9.17) is 9.47 Å². The highest BCUT2D eigenvalue weighted by atomic mass is 16.5. The lowest BCUT2D eigenvalue weighted by molar-refractivity contribution is 0.0460. The third-order valence-corrected chi connectivity index (χ3v) is 4.96. The van der Waals surface area contributed by atoms with Gasteiger partial charge in [0.25, 0.3) is 0 Å². The van der Waals surface area contributed by atoms with Gasteiger partial charge in [-0.2, -0.15) is 0 Å². The molecule has 0 unspecified atom stereocenters. The van der Waals surface area contributed by atoms with Crippen molar-refractivity contribution in [2.45, 2.75) is 13.2 Å². The van der Waals surface area contributed by atoms with Crippen LogP contribution in [-0.2, 0) is 22.7 Å². The number of carbonyl (C=O) groups is 2. The molecule has 0 radical (unpaired) electrons. The van der Waals surface area contributed by atoms with Crippen LogP contribution in [0.15, 0.2) is 72.8 Å². The van der Waals surface area contributed by atoms with E-state index in [-0.39, 0.29) is 25.2 Å². The Kier molecular flexibility index (Phi) is 7.49. The minimum Gasteiger partial charge on any atom is -0.457 e. The standard InChI is InChI=1S/C26H28N2O4/c1-27(2)23-9-5-7-21(15-23)25(29)31-17-19-11-13-20(14-12-19)18-32-26(30)22-8-6-10-24(16-22)28(3)4/h5-16H,17-18H2,1-4H3. The maximum absolute atomic E-state index is 12.3. The van der Waals surface area contributed by atoms with E-state index in [1.165, 1.54) is 0 Å². The fraction of sp³-hybridized carbons (Fsp3) is 0.231. The first-order chi connectivity index (χ1) is 15.3. The first kappa shape index (κ1) is 22.9. The molecule has 0 aliphatic carbocycles. The van der Waals surface area contributed by atoms with Gasteiger partial charge in [0.15, 0.2) is 0 Å². The molecule has 32 heavy (non-hydrogen) atoms. The molecule has 166 valence electrons. The van der Waals surface area contributed by atoms with Crippen LogP contribution >= 0.6 is 0 Å². The van der Waals surface area contributed by atoms with Crippen molar-refractivity contribution in [3.8, 4) is 0 Å². The minimum atomic E-state index is -0.369. The Hall–Kier alpha value is -3.80. The number of ether oxygens (including phenoxy) is 2. The van der Waals surface area contributed by atoms with Crippen molar-refractivity contribution in [2.75, 3.05) is 38.0 Å². The summed E-state index contributed by atoms with van der Waals surface area (Å²) in [5.74, 6) is -0.738. The Morgan fingerprint density at radius 1 is 0.625 bits per heavy atom. The van der Waals surface area contributed by atoms with Gasteiger partial charge >= 0.3 is 11.9 Å². The van der Waals surface area contributed by atoms with Crippen molar-refractivity contribution in [1.29, 1.82) is 0 Å². The molecule has 0 bridgehead atoms. The molecule has 3 aromatic rings. The zero-order chi connectivity index (χ0) is 23.1. The SMILES string of the molecule is CN(C)c1cccc(C(=O)OCc2ccc(COC(=O)c3cccc(N(C)C)c3)cc2)c1. The maximum atomic E-state index is 12.3. The molecule has 0 fully saturated rings. The number of esters is 2. The van der Waals surface area contributed by atoms with Crippen LogP contribution in [-0.4, -0.2) is 40.1 Å². The van der Waals surface area contributed by atoms with Crippen LogP contribution in [0.4, 0.5) is 11.4 Å². The number of hydrogen-bond donors (Lipinski definition) is 0. The van der Waals surface area contributed by atoms with E-state index in [0.29, 0.717) is 11.1 Å². The molecule has 0 spiro atoms. The Bertz CT molecular complexity index is 989. The highest BCUT2D eigenvalue weighted by molar-refractivity contribution is 5.91. The summed E-state index contributed by atoms with van der Waals surface area (Å²) in [5, 5.41) is 0. The average molecular weight is 433 g/mol. The number of carbonyl (C=O) groups excluding carboxylic acids is 2. The summed E-state index contributed by atoms with van der Waals surface area (Å²) < 4.78 is 10.9. The second-order valence-corrected chi connectivity index (χ2v) is 7.86. The topological polar surface area (TPSA) is 59.1 Å². The molecular formula is C26H28N2O4. The van der Waals surface area contributed by atoms with Crippen LogP contribution < -0.4 is 9.80 Å². The normalized spacial score (nSPS) is 10.4. The van der Waals surface area contributed by atoms with Gasteiger partial charge in [0.2, 0.25) is 0 Å². The fourth-order valence-corrected chi connectivity index (χ4v) is 3.02. The van der Waals surface area contributed by atoms with Gasteiger partial charge in [0.1, 0.15) is 13.2 Å². The molecule has 0 heterocycles. The maximum Gasteiger partial charge on any atom is 0.338 e. The van der Waals surface area contributed by atoms with E-state index in [9.17, 15) is 9.59 Å². The van der Waals surface area contributed by atoms with E-state index < -0.39 is 0 Å². The van der Waals surface area contributed by atoms with Crippen molar-refractivity contribution >= 4 is 23.3 Å². The second-order valence-electron chi connectivity index (χ2n) is 7.86. The van der Waals surface area contributed by atoms with Crippen LogP contribution in [0.2, 0.25) is 0 Å². The lowest BCUT2D eigenvalue weighted by Crippen LogP contribution is -2.11. The van der Waals surface area contributed by atoms with Crippen molar-refractivity contribution in [3.05, 3.63) is 95.1 Å². The lowest BCUT2D eigenvalue weighted by atomic mass is 10.1. The molecule has 0 aromatic heterocycles. The average Bonchev–Trinajstić information content (AvgIpc) is 2.81. The van der Waals surface area contributed by atoms with E-state index in [0.717, 1.165) is 22.5 Å². The smallest absolute Gasteiger partial charge is 0.338 e. The largest absolute Gasteiger partial charge is 0.457 e. The van der Waals surface area contributed by atoms with E-state index >= 15 is 0 Å². The van der Waals surface area contributed by atoms with Crippen LogP contribution in [0.5, 0.6) is 0 Å². The van der Waals surface area contributed by atoms with Gasteiger partial charge in [-0.25, -0.2) is 9.59 Å². The predicted octanol–water partition coefficient (Wildman–Crippen LogP) is 4.53. The molecule has 0 amide bonds. The summed E-state index contributed by atoms with van der Waals surface area (Å²) in [5.41, 5.74) is 4.61. The lowest BCUT2D eigenvalue weighted by Gasteiger charge is -2.13. The molecular weight excluding hydrogens is 404 g/mol. The van der Waals surface area contributed by atoms with E-state index in [1.807, 2.05) is 86.5 Å². The summed E-state index contributed by atoms with van der Waals surface area (Å²) in [6.45, 7) is 0.338. The minimum absolute atomic E-state index is 0.169. The number of benzene rings is 3. The summed E-state index contributed by atoms with van der Waals surface area (Å²) in [6, 6.07) is 22.0. The highest BCUT2D eigenvalue weighted by Gasteiger charge is 2.11. The highest BCUT2D eigenvalue weighted by Crippen LogP contribution is 2.17. The third-order valence-electron chi connectivity index (χ3n) is 4.96. The van der Waals surface area contributed by atoms with Crippen LogP contribution in [0.3, 0.4) is 0 Å². The van der Waals surface area contributed by atoms with Gasteiger partial charge in [-0.05, 0) is 47.5 Å². The summed E-state index contributed by atoms with van der Waals surface area (Å²) in [7, 11) is 7.68. The molecule has 0 atom stereocenters. The molecule has 0 saturated heterocycles. The zero-order valence-corrected chi connectivity index (χ0v) is 18.9. The zero-order valence-electron chi connectivity index (χ0n) is 18.9. The Morgan fingerprint density at radius 2 is 1.00 bits per heavy atom. The van der Waals surface area contributed by atoms with E-state index in [2.05, 4.69) is 0 Å². The van der Waals surface area contributed by atoms with Crippen LogP contribution in [0.1, 0.15) is 31.8 Å². The Labute approximate surface area is 189 Å². The van der Waals surface area contributed by atoms with Crippen molar-refractivity contribution in [2.24, 2.45) is 0 Å². The van der Waals surface area contributed by atoms with Gasteiger partial charge < -0.3 is 19.3 Å². The van der Waals surface area contributed by atoms with Gasteiger partial charge in [-0.1, -0.05) is 36.4 Å². The molecule has 3 rings (SSSR count). The molecule has 6 nitrogen and oxygen atoms in total. The second kappa shape index (κ2) is 10.5. The molecule has 0 aliphatic heterocycles. The third kappa shape index (κ3) is 6.11. The van der Waals surface area contributed by atoms with Gasteiger partial charge in [-0.3, -0.25) is 0 Å². The molecule has 0 N–H and O–H groups in total. The monoisotopic (exact) mass is 432 g/mol. The summed E-state index contributed by atoms with van der Waals surface area (Å²) in [4.78, 5) is 28.5. The van der Waals surface area contributed by atoms with Crippen LogP contribution in [0, 0.1) is 0 Å². The molecule has 6 heteroatoms. The van der Waals surface area contributed by atoms with Gasteiger partial charge in [0.05, 0.1) is 11.1 Å². The number of rotatable bonds is 8. The number of anilines is 2. The molecule has 0 saturated carbocycles. The predicted molar refractivity (Wildman–Crippen MR) is 126 cm³/mol. The fourth-order valence-electron chi connectivity index (χ4n) is 3.02. The van der Waals surface area contributed by atoms with E-state index in [1.54, 1.807) is 24.3 Å². The quantitative estimate of drug-likeness (QED) is 0.488. The van der Waals surface area contributed by atoms with Gasteiger partial charge in [-0.15, -0.1) is 0 Å². The summed E-state index contributed by atoms with van der Waals surface area (Å²) in [6.07, 6.45) is 0. The number of nitrogens with zero attached hydrogens (tertiary/aromatic N) is 2. The Morgan fingerprint density at radius 3 is 1.34 bits per heavy atom. The van der Waals surface area contributed by atoms with Gasteiger partial charge in [0, 0.05) is 39.6 Å². The number of hydrogen-bond acceptors (Lipinski definition) is 6. The summed E-state index contributed by atoms with van der Waals surface area (Å²) >= 11 is 0. The van der Waals surface area contributed by atoms with Crippen molar-refractivity contribution in [1.82, 2.24) is 0 Å².